The smallest absolute Gasteiger partial charge is 0.324 e. The highest BCUT2D eigenvalue weighted by Crippen LogP contribution is 2.26. The fourth-order valence-electron chi connectivity index (χ4n) is 2.72. The zero-order valence-electron chi connectivity index (χ0n) is 16.1. The molecule has 0 aliphatic carbocycles. The molecule has 0 aliphatic heterocycles. The largest absolute Gasteiger partial charge is 0.457 e. The first-order valence-electron chi connectivity index (χ1n) is 9.01. The van der Waals surface area contributed by atoms with Gasteiger partial charge in [0, 0.05) is 24.7 Å². The maximum atomic E-state index is 12.0. The van der Waals surface area contributed by atoms with Crippen LogP contribution in [0.2, 0.25) is 0 Å². The maximum absolute atomic E-state index is 12.0. The molecule has 0 spiro atoms. The maximum Gasteiger partial charge on any atom is 0.324 e. The molecule has 10 heteroatoms. The molecule has 0 aliphatic rings. The van der Waals surface area contributed by atoms with Gasteiger partial charge in [0.15, 0.2) is 5.82 Å². The quantitative estimate of drug-likeness (QED) is 0.391. The summed E-state index contributed by atoms with van der Waals surface area (Å²) < 4.78 is 10.7. The van der Waals surface area contributed by atoms with Crippen molar-refractivity contribution < 1.29 is 18.8 Å². The van der Waals surface area contributed by atoms with Crippen LogP contribution in [-0.2, 0) is 4.79 Å². The molecule has 2 aromatic carbocycles. The molecular formula is C20H18N6O4. The molecule has 2 heterocycles. The van der Waals surface area contributed by atoms with Gasteiger partial charge < -0.3 is 19.6 Å². The van der Waals surface area contributed by atoms with E-state index in [2.05, 4.69) is 31.1 Å². The van der Waals surface area contributed by atoms with Crippen molar-refractivity contribution in [2.75, 3.05) is 16.0 Å². The van der Waals surface area contributed by atoms with Crippen molar-refractivity contribution in [3.05, 3.63) is 54.3 Å². The van der Waals surface area contributed by atoms with Gasteiger partial charge in [0.1, 0.15) is 17.3 Å². The van der Waals surface area contributed by atoms with Crippen molar-refractivity contribution in [1.82, 2.24) is 15.1 Å². The lowest BCUT2D eigenvalue weighted by molar-refractivity contribution is -0.114. The van der Waals surface area contributed by atoms with E-state index in [1.54, 1.807) is 49.4 Å². The predicted molar refractivity (Wildman–Crippen MR) is 111 cm³/mol. The topological polar surface area (TPSA) is 134 Å². The molecule has 0 unspecified atom stereocenters. The van der Waals surface area contributed by atoms with Crippen LogP contribution in [0.1, 0.15) is 12.7 Å². The molecule has 2 aromatic heterocycles. The molecule has 0 radical (unpaired) electrons. The van der Waals surface area contributed by atoms with Crippen LogP contribution in [0.25, 0.3) is 11.0 Å². The Hall–Kier alpha value is -4.34. The van der Waals surface area contributed by atoms with Crippen LogP contribution in [0.3, 0.4) is 0 Å². The van der Waals surface area contributed by atoms with Crippen LogP contribution >= 0.6 is 0 Å². The second-order valence-corrected chi connectivity index (χ2v) is 6.47. The number of nitrogens with one attached hydrogen (secondary N) is 4. The molecule has 0 fully saturated rings. The third-order valence-electron chi connectivity index (χ3n) is 3.97. The molecule has 152 valence electrons. The monoisotopic (exact) mass is 406 g/mol. The number of urea groups is 1. The summed E-state index contributed by atoms with van der Waals surface area (Å²) in [5, 5.41) is 11.6. The number of aryl methyl sites for hydroxylation is 1. The van der Waals surface area contributed by atoms with Gasteiger partial charge in [-0.15, -0.1) is 0 Å². The van der Waals surface area contributed by atoms with Gasteiger partial charge in [0.2, 0.25) is 11.9 Å². The summed E-state index contributed by atoms with van der Waals surface area (Å²) in [7, 11) is 0. The number of aromatic amines is 1. The lowest BCUT2D eigenvalue weighted by atomic mass is 10.3. The van der Waals surface area contributed by atoms with Crippen molar-refractivity contribution in [3.63, 3.8) is 0 Å². The van der Waals surface area contributed by atoms with Crippen LogP contribution in [0, 0.1) is 6.92 Å². The highest BCUT2D eigenvalue weighted by molar-refractivity contribution is 5.99. The molecule has 0 atom stereocenters. The number of ether oxygens (including phenoxy) is 1. The van der Waals surface area contributed by atoms with Crippen molar-refractivity contribution in [2.45, 2.75) is 13.8 Å². The zero-order chi connectivity index (χ0) is 21.1. The molecule has 10 nitrogen and oxygen atoms in total. The van der Waals surface area contributed by atoms with Crippen LogP contribution in [0.15, 0.2) is 53.1 Å². The Labute approximate surface area is 170 Å². The van der Waals surface area contributed by atoms with E-state index in [-0.39, 0.29) is 5.91 Å². The highest BCUT2D eigenvalue weighted by Gasteiger charge is 2.08. The number of hydrogen-bond donors (Lipinski definition) is 4. The summed E-state index contributed by atoms with van der Waals surface area (Å²) in [6.07, 6.45) is 0. The summed E-state index contributed by atoms with van der Waals surface area (Å²) >= 11 is 0. The summed E-state index contributed by atoms with van der Waals surface area (Å²) in [6.45, 7) is 3.15. The molecule has 0 saturated carbocycles. The van der Waals surface area contributed by atoms with E-state index in [1.807, 2.05) is 6.07 Å². The Morgan fingerprint density at radius 1 is 1.00 bits per heavy atom. The number of carbonyl (C=O) groups is 2. The molecule has 0 saturated heterocycles. The Morgan fingerprint density at radius 3 is 2.47 bits per heavy atom. The lowest BCUT2D eigenvalue weighted by Gasteiger charge is -2.08. The minimum absolute atomic E-state index is 0.205. The predicted octanol–water partition coefficient (Wildman–Crippen LogP) is 4.25. The van der Waals surface area contributed by atoms with E-state index in [1.165, 1.54) is 6.92 Å². The number of amides is 3. The summed E-state index contributed by atoms with van der Waals surface area (Å²) in [4.78, 5) is 30.5. The number of hydrogen-bond acceptors (Lipinski definition) is 6. The van der Waals surface area contributed by atoms with Crippen LogP contribution in [0.4, 0.5) is 22.2 Å². The normalized spacial score (nSPS) is 10.6. The summed E-state index contributed by atoms with van der Waals surface area (Å²) in [6, 6.07) is 13.4. The molecule has 3 amide bonds. The standard InChI is InChI=1S/C20H18N6O4/c1-11-9-18(26-30-11)25-20(28)22-13-3-5-14(6-4-13)29-15-7-8-16-17(10-15)24-19(23-16)21-12(2)27/h3-10H,1-2H3,(H2,21,23,24,27)(H2,22,25,26,28). The number of anilines is 3. The van der Waals surface area contributed by atoms with Crippen molar-refractivity contribution in [2.24, 2.45) is 0 Å². The van der Waals surface area contributed by atoms with Crippen LogP contribution in [-0.4, -0.2) is 27.1 Å². The van der Waals surface area contributed by atoms with Gasteiger partial charge in [-0.2, -0.15) is 0 Å². The number of H-pyrrole nitrogens is 1. The third kappa shape index (κ3) is 4.55. The molecule has 4 N–H and O–H groups in total. The fraction of sp³-hybridized carbons (Fsp3) is 0.100. The van der Waals surface area contributed by atoms with E-state index < -0.39 is 6.03 Å². The number of benzene rings is 2. The van der Waals surface area contributed by atoms with Gasteiger partial charge in [0.25, 0.3) is 0 Å². The van der Waals surface area contributed by atoms with Gasteiger partial charge in [-0.05, 0) is 43.3 Å². The number of rotatable bonds is 5. The Bertz CT molecular complexity index is 1210. The van der Waals surface area contributed by atoms with E-state index in [0.717, 1.165) is 5.52 Å². The van der Waals surface area contributed by atoms with E-state index in [0.29, 0.717) is 40.2 Å². The van der Waals surface area contributed by atoms with E-state index in [9.17, 15) is 9.59 Å². The fourth-order valence-corrected chi connectivity index (χ4v) is 2.72. The molecule has 4 aromatic rings. The molecular weight excluding hydrogens is 388 g/mol. The van der Waals surface area contributed by atoms with Crippen molar-refractivity contribution in [1.29, 1.82) is 0 Å². The van der Waals surface area contributed by atoms with Crippen LogP contribution < -0.4 is 20.7 Å². The van der Waals surface area contributed by atoms with E-state index in [4.69, 9.17) is 9.26 Å². The average Bonchev–Trinajstić information content (AvgIpc) is 3.27. The summed E-state index contributed by atoms with van der Waals surface area (Å²) in [5.74, 6) is 2.29. The second-order valence-electron chi connectivity index (χ2n) is 6.47. The minimum atomic E-state index is -0.434. The first-order valence-corrected chi connectivity index (χ1v) is 9.01. The number of imidazole rings is 1. The molecule has 30 heavy (non-hydrogen) atoms. The van der Waals surface area contributed by atoms with Gasteiger partial charge in [-0.1, -0.05) is 5.16 Å². The van der Waals surface area contributed by atoms with Gasteiger partial charge in [0.05, 0.1) is 11.0 Å². The molecule has 0 bridgehead atoms. The SMILES string of the molecule is CC(=O)Nc1nc2cc(Oc3ccc(NC(=O)Nc4cc(C)on4)cc3)ccc2[nH]1. The number of carbonyl (C=O) groups excluding carboxylic acids is 2. The summed E-state index contributed by atoms with van der Waals surface area (Å²) in [5.41, 5.74) is 2.02. The highest BCUT2D eigenvalue weighted by atomic mass is 16.5. The number of nitrogens with zero attached hydrogens (tertiary/aromatic N) is 2. The Kier molecular flexibility index (Phi) is 5.04. The second kappa shape index (κ2) is 7.95. The van der Waals surface area contributed by atoms with Crippen molar-refractivity contribution >= 4 is 40.4 Å². The minimum Gasteiger partial charge on any atom is -0.457 e. The Balaban J connectivity index is 1.39. The average molecular weight is 406 g/mol. The first kappa shape index (κ1) is 19.0. The molecule has 4 rings (SSSR count). The zero-order valence-corrected chi connectivity index (χ0v) is 16.1. The van der Waals surface area contributed by atoms with Crippen LogP contribution in [0.5, 0.6) is 11.5 Å². The van der Waals surface area contributed by atoms with Gasteiger partial charge in [-0.3, -0.25) is 15.4 Å². The van der Waals surface area contributed by atoms with Gasteiger partial charge >= 0.3 is 6.03 Å². The van der Waals surface area contributed by atoms with Crippen molar-refractivity contribution in [3.8, 4) is 11.5 Å². The number of aromatic nitrogens is 3. The number of fused-ring (bicyclic) bond motifs is 1. The third-order valence-corrected chi connectivity index (χ3v) is 3.97. The first-order chi connectivity index (χ1) is 14.4. The lowest BCUT2D eigenvalue weighted by Crippen LogP contribution is -2.19. The van der Waals surface area contributed by atoms with E-state index >= 15 is 0 Å². The van der Waals surface area contributed by atoms with Gasteiger partial charge in [-0.25, -0.2) is 9.78 Å². The Morgan fingerprint density at radius 2 is 1.77 bits per heavy atom.